The smallest absolute Gasteiger partial charge is 0.405 e. The lowest BCUT2D eigenvalue weighted by atomic mass is 9.93. The number of para-hydroxylation sites is 1. The molecule has 0 amide bonds. The molecule has 0 saturated carbocycles. The van der Waals surface area contributed by atoms with Crippen LogP contribution in [0.25, 0.3) is 11.1 Å². The van der Waals surface area contributed by atoms with E-state index in [4.69, 9.17) is 0 Å². The van der Waals surface area contributed by atoms with E-state index in [1.165, 1.54) is 12.1 Å². The molecular formula is C25H20F3N3O. The Bertz CT molecular complexity index is 1130. The number of halogens is 3. The molecule has 0 aliphatic carbocycles. The van der Waals surface area contributed by atoms with Crippen molar-refractivity contribution >= 4 is 11.4 Å². The largest absolute Gasteiger partial charge is 0.573 e. The van der Waals surface area contributed by atoms with Crippen LogP contribution in [-0.2, 0) is 0 Å². The van der Waals surface area contributed by atoms with Gasteiger partial charge >= 0.3 is 6.36 Å². The van der Waals surface area contributed by atoms with Crippen LogP contribution >= 0.6 is 0 Å². The minimum atomic E-state index is -4.78. The van der Waals surface area contributed by atoms with E-state index in [0.29, 0.717) is 11.1 Å². The van der Waals surface area contributed by atoms with Gasteiger partial charge in [-0.25, -0.2) is 0 Å². The lowest BCUT2D eigenvalue weighted by Crippen LogP contribution is -2.22. The Kier molecular flexibility index (Phi) is 6.07. The molecule has 0 fully saturated rings. The summed E-state index contributed by atoms with van der Waals surface area (Å²) in [5.41, 5.74) is 3.52. The fraction of sp³-hybridized carbons (Fsp3) is 0.120. The summed E-state index contributed by atoms with van der Waals surface area (Å²) < 4.78 is 43.4. The van der Waals surface area contributed by atoms with E-state index in [1.807, 2.05) is 48.2 Å². The molecule has 0 aliphatic rings. The van der Waals surface area contributed by atoms with Gasteiger partial charge in [0.2, 0.25) is 0 Å². The van der Waals surface area contributed by atoms with Gasteiger partial charge in [0, 0.05) is 18.0 Å². The average Bonchev–Trinajstić information content (AvgIpc) is 2.80. The monoisotopic (exact) mass is 435 g/mol. The molecule has 0 saturated heterocycles. The highest BCUT2D eigenvalue weighted by Crippen LogP contribution is 2.41. The summed E-state index contributed by atoms with van der Waals surface area (Å²) in [4.78, 5) is 10.5. The second-order valence-electron chi connectivity index (χ2n) is 7.10. The predicted octanol–water partition coefficient (Wildman–Crippen LogP) is 6.94. The molecule has 0 spiro atoms. The molecule has 1 unspecified atom stereocenters. The first kappa shape index (κ1) is 21.4. The molecule has 0 radical (unpaired) electrons. The maximum absolute atomic E-state index is 13.0. The van der Waals surface area contributed by atoms with Gasteiger partial charge in [0.1, 0.15) is 5.75 Å². The fourth-order valence-corrected chi connectivity index (χ4v) is 3.74. The number of hydrogen-bond acceptors (Lipinski definition) is 4. The zero-order valence-electron chi connectivity index (χ0n) is 17.2. The molecule has 2 aromatic heterocycles. The SMILES string of the molecule is CC(c1ccccc1-c1ccccc1OC(F)(F)F)N(c1cccnc1)c1cccnc1. The van der Waals surface area contributed by atoms with Crippen molar-refractivity contribution in [2.24, 2.45) is 0 Å². The number of pyridine rings is 2. The maximum atomic E-state index is 13.0. The van der Waals surface area contributed by atoms with Gasteiger partial charge in [-0.2, -0.15) is 0 Å². The van der Waals surface area contributed by atoms with Gasteiger partial charge in [-0.15, -0.1) is 13.2 Å². The van der Waals surface area contributed by atoms with E-state index < -0.39 is 6.36 Å². The Labute approximate surface area is 184 Å². The van der Waals surface area contributed by atoms with Crippen molar-refractivity contribution < 1.29 is 17.9 Å². The first-order valence-corrected chi connectivity index (χ1v) is 9.97. The Morgan fingerprint density at radius 3 is 1.88 bits per heavy atom. The number of aromatic nitrogens is 2. The second-order valence-corrected chi connectivity index (χ2v) is 7.10. The molecule has 0 N–H and O–H groups in total. The predicted molar refractivity (Wildman–Crippen MR) is 118 cm³/mol. The zero-order valence-corrected chi connectivity index (χ0v) is 17.2. The molecule has 1 atom stereocenters. The Hall–Kier alpha value is -3.87. The molecule has 4 aromatic rings. The van der Waals surface area contributed by atoms with Crippen LogP contribution in [0.3, 0.4) is 0 Å². The third-order valence-electron chi connectivity index (χ3n) is 5.05. The molecule has 32 heavy (non-hydrogen) atoms. The Balaban J connectivity index is 1.83. The molecule has 162 valence electrons. The number of rotatable bonds is 6. The number of anilines is 2. The van der Waals surface area contributed by atoms with Crippen LogP contribution in [0.2, 0.25) is 0 Å². The van der Waals surface area contributed by atoms with Crippen LogP contribution in [0.15, 0.2) is 97.6 Å². The highest BCUT2D eigenvalue weighted by atomic mass is 19.4. The summed E-state index contributed by atoms with van der Waals surface area (Å²) in [5, 5.41) is 0. The minimum Gasteiger partial charge on any atom is -0.405 e. The molecule has 2 aromatic carbocycles. The lowest BCUT2D eigenvalue weighted by molar-refractivity contribution is -0.274. The first-order chi connectivity index (χ1) is 15.4. The standard InChI is InChI=1S/C25H20F3N3O/c1-18(31(19-8-6-14-29-16-19)20-9-7-15-30-17-20)21-10-2-3-11-22(21)23-12-4-5-13-24(23)32-25(26,27)28/h2-18H,1H3. The van der Waals surface area contributed by atoms with Crippen LogP contribution in [-0.4, -0.2) is 16.3 Å². The van der Waals surface area contributed by atoms with Gasteiger partial charge in [0.15, 0.2) is 0 Å². The number of ether oxygens (including phenoxy) is 1. The number of alkyl halides is 3. The molecule has 0 aliphatic heterocycles. The quantitative estimate of drug-likeness (QED) is 0.329. The van der Waals surface area contributed by atoms with E-state index in [-0.39, 0.29) is 11.8 Å². The Morgan fingerprint density at radius 2 is 1.31 bits per heavy atom. The van der Waals surface area contributed by atoms with Crippen molar-refractivity contribution in [1.82, 2.24) is 9.97 Å². The number of benzene rings is 2. The normalized spacial score (nSPS) is 12.2. The third kappa shape index (κ3) is 4.72. The van der Waals surface area contributed by atoms with Gasteiger partial charge in [-0.05, 0) is 48.4 Å². The van der Waals surface area contributed by atoms with Gasteiger partial charge in [-0.1, -0.05) is 42.5 Å². The van der Waals surface area contributed by atoms with Crippen molar-refractivity contribution in [2.75, 3.05) is 4.90 Å². The summed E-state index contributed by atoms with van der Waals surface area (Å²) in [5.74, 6) is -0.242. The highest BCUT2D eigenvalue weighted by molar-refractivity contribution is 5.75. The summed E-state index contributed by atoms with van der Waals surface area (Å²) in [7, 11) is 0. The summed E-state index contributed by atoms with van der Waals surface area (Å²) in [6, 6.07) is 20.8. The molecular weight excluding hydrogens is 415 g/mol. The van der Waals surface area contributed by atoms with E-state index in [9.17, 15) is 13.2 Å². The van der Waals surface area contributed by atoms with Crippen LogP contribution in [0.4, 0.5) is 24.5 Å². The van der Waals surface area contributed by atoms with Crippen LogP contribution in [0.1, 0.15) is 18.5 Å². The van der Waals surface area contributed by atoms with Crippen molar-refractivity contribution in [3.63, 3.8) is 0 Å². The van der Waals surface area contributed by atoms with Crippen LogP contribution in [0.5, 0.6) is 5.75 Å². The van der Waals surface area contributed by atoms with Crippen LogP contribution < -0.4 is 9.64 Å². The number of hydrogen-bond donors (Lipinski definition) is 0. The van der Waals surface area contributed by atoms with Crippen molar-refractivity contribution in [2.45, 2.75) is 19.3 Å². The average molecular weight is 435 g/mol. The van der Waals surface area contributed by atoms with Crippen LogP contribution in [0, 0.1) is 0 Å². The molecule has 4 rings (SSSR count). The van der Waals surface area contributed by atoms with Gasteiger partial charge in [0.05, 0.1) is 29.8 Å². The van der Waals surface area contributed by atoms with E-state index in [0.717, 1.165) is 16.9 Å². The first-order valence-electron chi connectivity index (χ1n) is 9.97. The number of nitrogens with zero attached hydrogens (tertiary/aromatic N) is 3. The minimum absolute atomic E-state index is 0.242. The van der Waals surface area contributed by atoms with Crippen molar-refractivity contribution in [3.05, 3.63) is 103 Å². The summed E-state index contributed by atoms with van der Waals surface area (Å²) in [6.07, 6.45) is 2.08. The van der Waals surface area contributed by atoms with E-state index >= 15 is 0 Å². The van der Waals surface area contributed by atoms with Gasteiger partial charge < -0.3 is 9.64 Å². The molecule has 0 bridgehead atoms. The Morgan fingerprint density at radius 1 is 0.750 bits per heavy atom. The summed E-state index contributed by atoms with van der Waals surface area (Å²) in [6.45, 7) is 1.99. The molecule has 4 nitrogen and oxygen atoms in total. The van der Waals surface area contributed by atoms with Crippen molar-refractivity contribution in [1.29, 1.82) is 0 Å². The maximum Gasteiger partial charge on any atom is 0.573 e. The van der Waals surface area contributed by atoms with Gasteiger partial charge in [0.25, 0.3) is 0 Å². The zero-order chi connectivity index (χ0) is 22.6. The second kappa shape index (κ2) is 9.09. The van der Waals surface area contributed by atoms with E-state index in [2.05, 4.69) is 14.7 Å². The third-order valence-corrected chi connectivity index (χ3v) is 5.05. The lowest BCUT2D eigenvalue weighted by Gasteiger charge is -2.32. The topological polar surface area (TPSA) is 38.2 Å². The highest BCUT2D eigenvalue weighted by Gasteiger charge is 2.32. The van der Waals surface area contributed by atoms with E-state index in [1.54, 1.807) is 49.1 Å². The molecule has 2 heterocycles. The van der Waals surface area contributed by atoms with Crippen molar-refractivity contribution in [3.8, 4) is 16.9 Å². The molecule has 7 heteroatoms. The van der Waals surface area contributed by atoms with Gasteiger partial charge in [-0.3, -0.25) is 9.97 Å². The fourth-order valence-electron chi connectivity index (χ4n) is 3.74. The summed E-state index contributed by atoms with van der Waals surface area (Å²) >= 11 is 0.